The molecule has 0 aliphatic heterocycles. The average molecular weight is 356 g/mol. The third-order valence-electron chi connectivity index (χ3n) is 2.91. The maximum atomic E-state index is 12.2. The number of thiazole rings is 1. The van der Waals surface area contributed by atoms with Crippen LogP contribution in [0, 0.1) is 0 Å². The molecule has 2 heterocycles. The van der Waals surface area contributed by atoms with Crippen molar-refractivity contribution in [1.29, 1.82) is 0 Å². The van der Waals surface area contributed by atoms with Crippen molar-refractivity contribution in [3.63, 3.8) is 0 Å². The number of hydrogen-bond acceptors (Lipinski definition) is 7. The van der Waals surface area contributed by atoms with Crippen LogP contribution in [0.25, 0.3) is 10.6 Å². The number of aromatic nitrogens is 1. The fourth-order valence-corrected chi connectivity index (χ4v) is 3.74. The lowest BCUT2D eigenvalue weighted by Crippen LogP contribution is -2.42. The van der Waals surface area contributed by atoms with Crippen molar-refractivity contribution in [2.24, 2.45) is 0 Å². The molecule has 2 aromatic heterocycles. The minimum absolute atomic E-state index is 0.323. The van der Waals surface area contributed by atoms with Gasteiger partial charge in [-0.3, -0.25) is 4.79 Å². The van der Waals surface area contributed by atoms with Gasteiger partial charge in [0.2, 0.25) is 0 Å². The number of hydrogen-bond donors (Lipinski definition) is 1. The number of methoxy groups -OCH3 is 1. The van der Waals surface area contributed by atoms with Gasteiger partial charge in [0, 0.05) is 16.3 Å². The predicted molar refractivity (Wildman–Crippen MR) is 91.7 cm³/mol. The minimum atomic E-state index is -0.642. The van der Waals surface area contributed by atoms with Gasteiger partial charge < -0.3 is 10.1 Å². The zero-order chi connectivity index (χ0) is 15.9. The Morgan fingerprint density at radius 2 is 2.27 bits per heavy atom. The second kappa shape index (κ2) is 8.30. The Hall–Kier alpha value is -1.38. The van der Waals surface area contributed by atoms with Gasteiger partial charge in [-0.05, 0) is 29.9 Å². The maximum absolute atomic E-state index is 12.2. The molecule has 0 aromatic carbocycles. The number of carbonyl (C=O) groups is 2. The van der Waals surface area contributed by atoms with Gasteiger partial charge in [-0.1, -0.05) is 0 Å². The van der Waals surface area contributed by atoms with E-state index in [4.69, 9.17) is 4.74 Å². The van der Waals surface area contributed by atoms with Crippen molar-refractivity contribution in [3.05, 3.63) is 27.9 Å². The first-order chi connectivity index (χ1) is 10.7. The summed E-state index contributed by atoms with van der Waals surface area (Å²) in [4.78, 5) is 28.3. The van der Waals surface area contributed by atoms with Crippen LogP contribution in [0.1, 0.15) is 16.9 Å². The van der Waals surface area contributed by atoms with Crippen LogP contribution in [0.5, 0.6) is 0 Å². The van der Waals surface area contributed by atoms with Gasteiger partial charge in [-0.2, -0.15) is 23.1 Å². The molecule has 1 amide bonds. The molecule has 5 nitrogen and oxygen atoms in total. The first-order valence-electron chi connectivity index (χ1n) is 6.51. The van der Waals surface area contributed by atoms with Gasteiger partial charge in [0.25, 0.3) is 5.91 Å². The molecule has 1 N–H and O–H groups in total. The lowest BCUT2D eigenvalue weighted by atomic mass is 10.2. The Labute approximate surface area is 141 Å². The van der Waals surface area contributed by atoms with Crippen LogP contribution in [-0.4, -0.2) is 42.0 Å². The minimum Gasteiger partial charge on any atom is -0.467 e. The van der Waals surface area contributed by atoms with Crippen LogP contribution >= 0.6 is 34.4 Å². The summed E-state index contributed by atoms with van der Waals surface area (Å²) in [6, 6.07) is 1.32. The summed E-state index contributed by atoms with van der Waals surface area (Å²) in [7, 11) is 1.32. The molecular formula is C14H16N2O3S3. The summed E-state index contributed by atoms with van der Waals surface area (Å²) < 4.78 is 4.73. The van der Waals surface area contributed by atoms with E-state index in [-0.39, 0.29) is 5.91 Å². The summed E-state index contributed by atoms with van der Waals surface area (Å²) in [6.07, 6.45) is 2.48. The molecule has 1 atom stereocenters. The van der Waals surface area contributed by atoms with Gasteiger partial charge in [0.15, 0.2) is 0 Å². The normalized spacial score (nSPS) is 11.9. The zero-order valence-electron chi connectivity index (χ0n) is 12.2. The molecule has 0 unspecified atom stereocenters. The van der Waals surface area contributed by atoms with Crippen molar-refractivity contribution < 1.29 is 14.3 Å². The summed E-state index contributed by atoms with van der Waals surface area (Å²) in [5.74, 6) is -0.0259. The number of carbonyl (C=O) groups excluding carboxylic acids is 2. The van der Waals surface area contributed by atoms with Gasteiger partial charge in [-0.15, -0.1) is 11.3 Å². The van der Waals surface area contributed by atoms with Gasteiger partial charge in [0.05, 0.1) is 7.11 Å². The average Bonchev–Trinajstić information content (AvgIpc) is 3.20. The first-order valence-corrected chi connectivity index (χ1v) is 9.73. The van der Waals surface area contributed by atoms with E-state index in [0.29, 0.717) is 12.1 Å². The predicted octanol–water partition coefficient (Wildman–Crippen LogP) is 2.90. The highest BCUT2D eigenvalue weighted by molar-refractivity contribution is 7.98. The highest BCUT2D eigenvalue weighted by Crippen LogP contribution is 2.25. The molecular weight excluding hydrogens is 340 g/mol. The van der Waals surface area contributed by atoms with Crippen LogP contribution in [0.4, 0.5) is 0 Å². The second-order valence-corrected chi connectivity index (χ2v) is 7.00. The number of ether oxygens (including phenoxy) is 1. The van der Waals surface area contributed by atoms with Crippen LogP contribution in [-0.2, 0) is 9.53 Å². The highest BCUT2D eigenvalue weighted by Gasteiger charge is 2.23. The van der Waals surface area contributed by atoms with Crippen LogP contribution in [0.15, 0.2) is 22.2 Å². The Bertz CT molecular complexity index is 625. The number of rotatable bonds is 7. The molecule has 0 saturated heterocycles. The van der Waals surface area contributed by atoms with Crippen LogP contribution in [0.2, 0.25) is 0 Å². The maximum Gasteiger partial charge on any atom is 0.328 e. The molecule has 0 spiro atoms. The molecule has 22 heavy (non-hydrogen) atoms. The third kappa shape index (κ3) is 4.31. The molecule has 0 saturated carbocycles. The quantitative estimate of drug-likeness (QED) is 0.773. The van der Waals surface area contributed by atoms with E-state index in [0.717, 1.165) is 16.3 Å². The molecule has 0 fully saturated rings. The molecule has 2 aromatic rings. The van der Waals surface area contributed by atoms with Crippen molar-refractivity contribution in [1.82, 2.24) is 10.3 Å². The number of thiophene rings is 1. The summed E-state index contributed by atoms with van der Waals surface area (Å²) in [5, 5.41) is 9.14. The van der Waals surface area contributed by atoms with E-state index in [1.54, 1.807) is 28.5 Å². The lowest BCUT2D eigenvalue weighted by Gasteiger charge is -2.15. The van der Waals surface area contributed by atoms with E-state index < -0.39 is 12.0 Å². The monoisotopic (exact) mass is 356 g/mol. The summed E-state index contributed by atoms with van der Waals surface area (Å²) in [5.41, 5.74) is 1.32. The first kappa shape index (κ1) is 17.0. The Morgan fingerprint density at radius 3 is 2.91 bits per heavy atom. The van der Waals surface area contributed by atoms with E-state index in [1.165, 1.54) is 18.4 Å². The fourth-order valence-electron chi connectivity index (χ4n) is 1.76. The highest BCUT2D eigenvalue weighted by atomic mass is 32.2. The van der Waals surface area contributed by atoms with Crippen molar-refractivity contribution >= 4 is 46.3 Å². The Kier molecular flexibility index (Phi) is 6.41. The summed E-state index contributed by atoms with van der Waals surface area (Å²) >= 11 is 4.60. The molecule has 0 aliphatic rings. The van der Waals surface area contributed by atoms with Crippen LogP contribution < -0.4 is 5.32 Å². The second-order valence-electron chi connectivity index (χ2n) is 4.38. The lowest BCUT2D eigenvalue weighted by molar-refractivity contribution is -0.142. The Morgan fingerprint density at radius 1 is 1.45 bits per heavy atom. The van der Waals surface area contributed by atoms with Gasteiger partial charge >= 0.3 is 5.97 Å². The molecule has 2 rings (SSSR count). The number of thioether (sulfide) groups is 1. The summed E-state index contributed by atoms with van der Waals surface area (Å²) in [6.45, 7) is 0. The van der Waals surface area contributed by atoms with E-state index in [9.17, 15) is 9.59 Å². The van der Waals surface area contributed by atoms with Gasteiger partial charge in [-0.25, -0.2) is 9.78 Å². The number of amides is 1. The molecule has 118 valence electrons. The van der Waals surface area contributed by atoms with E-state index in [1.807, 2.05) is 23.1 Å². The SMILES string of the molecule is COC(=O)[C@H](CCSC)NC(=O)c1csc(-c2ccsc2)n1. The smallest absolute Gasteiger partial charge is 0.328 e. The molecule has 0 radical (unpaired) electrons. The van der Waals surface area contributed by atoms with E-state index in [2.05, 4.69) is 10.3 Å². The Balaban J connectivity index is 2.05. The third-order valence-corrected chi connectivity index (χ3v) is 5.13. The topological polar surface area (TPSA) is 68.3 Å². The van der Waals surface area contributed by atoms with Crippen molar-refractivity contribution in [3.8, 4) is 10.6 Å². The number of nitrogens with one attached hydrogen (secondary N) is 1. The zero-order valence-corrected chi connectivity index (χ0v) is 14.6. The molecule has 0 bridgehead atoms. The number of nitrogens with zero attached hydrogens (tertiary/aromatic N) is 1. The van der Waals surface area contributed by atoms with Crippen molar-refractivity contribution in [2.75, 3.05) is 19.1 Å². The molecule has 8 heteroatoms. The van der Waals surface area contributed by atoms with E-state index >= 15 is 0 Å². The standard InChI is InChI=1S/C14H16N2O3S3/c1-19-14(18)10(4-5-20-2)15-12(17)11-8-22-13(16-11)9-3-6-21-7-9/h3,6-8,10H,4-5H2,1-2H3,(H,15,17)/t10-/m0/s1. The van der Waals surface area contributed by atoms with Crippen LogP contribution in [0.3, 0.4) is 0 Å². The fraction of sp³-hybridized carbons (Fsp3) is 0.357. The molecule has 0 aliphatic carbocycles. The largest absolute Gasteiger partial charge is 0.467 e. The number of esters is 1. The van der Waals surface area contributed by atoms with Gasteiger partial charge in [0.1, 0.15) is 16.7 Å². The van der Waals surface area contributed by atoms with Crippen molar-refractivity contribution in [2.45, 2.75) is 12.5 Å².